The van der Waals surface area contributed by atoms with Crippen molar-refractivity contribution in [2.45, 2.75) is 0 Å². The van der Waals surface area contributed by atoms with E-state index >= 15 is 0 Å². The van der Waals surface area contributed by atoms with E-state index in [0.717, 1.165) is 78.1 Å². The van der Waals surface area contributed by atoms with E-state index in [2.05, 4.69) is 265 Å². The molecule has 0 spiro atoms. The molecule has 2 heterocycles. The number of pyridine rings is 2. The summed E-state index contributed by atoms with van der Waals surface area (Å²) >= 11 is 0. The molecule has 0 amide bonds. The van der Waals surface area contributed by atoms with Crippen molar-refractivity contribution in [2.24, 2.45) is 0 Å². The normalized spacial score (nSPS) is 11.1. The van der Waals surface area contributed by atoms with Gasteiger partial charge in [-0.05, 0) is 124 Å². The molecular formula is C70H48N2. The molecule has 0 atom stereocenters. The predicted octanol–water partition coefficient (Wildman–Crippen LogP) is 18.8. The zero-order valence-electron chi connectivity index (χ0n) is 39.6. The summed E-state index contributed by atoms with van der Waals surface area (Å²) < 4.78 is 0. The average Bonchev–Trinajstić information content (AvgIpc) is 3.48. The minimum Gasteiger partial charge on any atom is -0.256 e. The Morgan fingerprint density at radius 1 is 0.139 bits per heavy atom. The molecule has 0 aliphatic rings. The van der Waals surface area contributed by atoms with Crippen molar-refractivity contribution in [3.05, 3.63) is 291 Å². The summed E-state index contributed by atoms with van der Waals surface area (Å²) in [5, 5.41) is 0. The van der Waals surface area contributed by atoms with Crippen LogP contribution >= 0.6 is 0 Å². The molecule has 10 aromatic carbocycles. The van der Waals surface area contributed by atoms with Gasteiger partial charge in [0.25, 0.3) is 0 Å². The second kappa shape index (κ2) is 19.8. The van der Waals surface area contributed by atoms with Crippen LogP contribution in [-0.2, 0) is 0 Å². The summed E-state index contributed by atoms with van der Waals surface area (Å²) in [7, 11) is 0. The van der Waals surface area contributed by atoms with E-state index in [0.29, 0.717) is 0 Å². The van der Waals surface area contributed by atoms with Crippen molar-refractivity contribution in [3.63, 3.8) is 0 Å². The lowest BCUT2D eigenvalue weighted by Gasteiger charge is -2.29. The molecule has 0 bridgehead atoms. The van der Waals surface area contributed by atoms with Crippen molar-refractivity contribution in [3.8, 4) is 123 Å². The SMILES string of the molecule is c1ccc(-c2ccc(-c3c(-c4ccccc4)c(-c4ccc(-c5ccc(-c6ccccn6)cc5)cc4)c(-c4ccccc4)c(-c4ccc(-c5ccc(-c6ccccn6)cc5)cc4)c3-c3ccccc3)cc2)cc1. The molecule has 0 aliphatic heterocycles. The van der Waals surface area contributed by atoms with E-state index in [-0.39, 0.29) is 0 Å². The maximum Gasteiger partial charge on any atom is 0.0701 e. The summed E-state index contributed by atoms with van der Waals surface area (Å²) in [5.41, 5.74) is 25.0. The molecule has 2 heteroatoms. The van der Waals surface area contributed by atoms with Crippen LogP contribution in [0, 0.1) is 0 Å². The Hall–Kier alpha value is -9.50. The average molecular weight is 917 g/mol. The fraction of sp³-hybridized carbons (Fsp3) is 0. The second-order valence-corrected chi connectivity index (χ2v) is 18.0. The molecule has 0 radical (unpaired) electrons. The maximum atomic E-state index is 4.59. The van der Waals surface area contributed by atoms with Gasteiger partial charge in [-0.3, -0.25) is 9.97 Å². The van der Waals surface area contributed by atoms with E-state index in [1.54, 1.807) is 0 Å². The lowest BCUT2D eigenvalue weighted by Crippen LogP contribution is -2.02. The molecule has 0 aliphatic carbocycles. The van der Waals surface area contributed by atoms with Gasteiger partial charge in [0.15, 0.2) is 0 Å². The highest BCUT2D eigenvalue weighted by atomic mass is 14.7. The zero-order chi connectivity index (χ0) is 48.1. The Morgan fingerprint density at radius 2 is 0.319 bits per heavy atom. The number of hydrogen-bond donors (Lipinski definition) is 0. The van der Waals surface area contributed by atoms with Crippen LogP contribution in [0.4, 0.5) is 0 Å². The van der Waals surface area contributed by atoms with Crippen LogP contribution in [0.15, 0.2) is 291 Å². The van der Waals surface area contributed by atoms with Gasteiger partial charge in [0.1, 0.15) is 0 Å². The van der Waals surface area contributed by atoms with Crippen LogP contribution in [0.5, 0.6) is 0 Å². The van der Waals surface area contributed by atoms with E-state index in [1.807, 2.05) is 36.7 Å². The number of hydrogen-bond acceptors (Lipinski definition) is 2. The first-order valence-electron chi connectivity index (χ1n) is 24.5. The molecule has 0 fully saturated rings. The van der Waals surface area contributed by atoms with E-state index in [4.69, 9.17) is 0 Å². The van der Waals surface area contributed by atoms with E-state index < -0.39 is 0 Å². The molecule has 12 aromatic rings. The highest BCUT2D eigenvalue weighted by Crippen LogP contribution is 2.56. The van der Waals surface area contributed by atoms with Gasteiger partial charge < -0.3 is 0 Å². The third-order valence-corrected chi connectivity index (χ3v) is 13.7. The van der Waals surface area contributed by atoms with Crippen molar-refractivity contribution in [2.75, 3.05) is 0 Å². The zero-order valence-corrected chi connectivity index (χ0v) is 39.6. The lowest BCUT2D eigenvalue weighted by atomic mass is 9.74. The quantitative estimate of drug-likeness (QED) is 0.129. The predicted molar refractivity (Wildman–Crippen MR) is 302 cm³/mol. The van der Waals surface area contributed by atoms with Crippen LogP contribution in [0.2, 0.25) is 0 Å². The molecule has 338 valence electrons. The van der Waals surface area contributed by atoms with Crippen molar-refractivity contribution < 1.29 is 0 Å². The third kappa shape index (κ3) is 8.75. The fourth-order valence-corrected chi connectivity index (χ4v) is 10.1. The highest BCUT2D eigenvalue weighted by Gasteiger charge is 2.29. The van der Waals surface area contributed by atoms with Gasteiger partial charge in [-0.15, -0.1) is 0 Å². The molecule has 0 saturated heterocycles. The standard InChI is InChI=1S/C70H48N2/c1-5-17-49(18-6-1)50-31-41-60(42-32-50)68-65(57-19-7-2-8-20-57)69(61-43-33-53(34-44-61)51-27-37-55(38-28-51)63-25-13-15-47-71-63)67(59-23-11-4-12-24-59)70(66(68)58-21-9-3-10-22-58)62-45-35-54(36-46-62)52-29-39-56(40-30-52)64-26-14-16-48-72-64/h1-48H. The minimum atomic E-state index is 0.964. The van der Waals surface area contributed by atoms with Crippen LogP contribution < -0.4 is 0 Å². The second-order valence-electron chi connectivity index (χ2n) is 18.0. The largest absolute Gasteiger partial charge is 0.256 e. The molecule has 72 heavy (non-hydrogen) atoms. The summed E-state index contributed by atoms with van der Waals surface area (Å²) in [6.07, 6.45) is 3.69. The Morgan fingerprint density at radius 3 is 0.556 bits per heavy atom. The van der Waals surface area contributed by atoms with Gasteiger partial charge in [0.2, 0.25) is 0 Å². The molecule has 2 aromatic heterocycles. The van der Waals surface area contributed by atoms with E-state index in [9.17, 15) is 0 Å². The first-order chi connectivity index (χ1) is 35.7. The van der Waals surface area contributed by atoms with E-state index in [1.165, 1.54) is 44.5 Å². The van der Waals surface area contributed by atoms with Crippen LogP contribution in [0.3, 0.4) is 0 Å². The highest BCUT2D eigenvalue weighted by molar-refractivity contribution is 6.15. The van der Waals surface area contributed by atoms with Crippen LogP contribution in [0.25, 0.3) is 123 Å². The summed E-state index contributed by atoms with van der Waals surface area (Å²) in [6.45, 7) is 0. The molecule has 0 N–H and O–H groups in total. The monoisotopic (exact) mass is 916 g/mol. The lowest BCUT2D eigenvalue weighted by molar-refractivity contribution is 1.33. The summed E-state index contributed by atoms with van der Waals surface area (Å²) in [5.74, 6) is 0. The number of aromatic nitrogens is 2. The molecule has 0 unspecified atom stereocenters. The molecule has 0 saturated carbocycles. The van der Waals surface area contributed by atoms with Crippen molar-refractivity contribution >= 4 is 0 Å². The number of nitrogens with zero attached hydrogens (tertiary/aromatic N) is 2. The Kier molecular flexibility index (Phi) is 12.1. The van der Waals surface area contributed by atoms with Crippen molar-refractivity contribution in [1.82, 2.24) is 9.97 Å². The van der Waals surface area contributed by atoms with Crippen LogP contribution in [0.1, 0.15) is 0 Å². The molecular weight excluding hydrogens is 869 g/mol. The smallest absolute Gasteiger partial charge is 0.0701 e. The number of benzene rings is 10. The third-order valence-electron chi connectivity index (χ3n) is 13.7. The maximum absolute atomic E-state index is 4.59. The Labute approximate surface area is 421 Å². The summed E-state index contributed by atoms with van der Waals surface area (Å²) in [4.78, 5) is 9.19. The first kappa shape index (κ1) is 43.8. The van der Waals surface area contributed by atoms with Gasteiger partial charge in [0.05, 0.1) is 11.4 Å². The van der Waals surface area contributed by atoms with Gasteiger partial charge in [-0.1, -0.05) is 255 Å². The Balaban J connectivity index is 1.13. The van der Waals surface area contributed by atoms with Crippen LogP contribution in [-0.4, -0.2) is 9.97 Å². The topological polar surface area (TPSA) is 25.8 Å². The number of rotatable bonds is 11. The first-order valence-corrected chi connectivity index (χ1v) is 24.5. The minimum absolute atomic E-state index is 0.964. The van der Waals surface area contributed by atoms with Gasteiger partial charge in [-0.25, -0.2) is 0 Å². The molecule has 2 nitrogen and oxygen atoms in total. The summed E-state index contributed by atoms with van der Waals surface area (Å²) in [6, 6.07) is 101. The fourth-order valence-electron chi connectivity index (χ4n) is 10.1. The van der Waals surface area contributed by atoms with Gasteiger partial charge >= 0.3 is 0 Å². The molecule has 12 rings (SSSR count). The van der Waals surface area contributed by atoms with Crippen molar-refractivity contribution in [1.29, 1.82) is 0 Å². The van der Waals surface area contributed by atoms with Gasteiger partial charge in [-0.2, -0.15) is 0 Å². The van der Waals surface area contributed by atoms with Gasteiger partial charge in [0, 0.05) is 23.5 Å². The Bertz CT molecular complexity index is 3540.